The number of rotatable bonds is 4. The summed E-state index contributed by atoms with van der Waals surface area (Å²) in [4.78, 5) is 2.51. The molecule has 5 nitrogen and oxygen atoms in total. The van der Waals surface area contributed by atoms with E-state index < -0.39 is 0 Å². The number of hydrogen-bond donors (Lipinski definition) is 1. The molecule has 2 aromatic rings. The molecule has 5 heteroatoms. The van der Waals surface area contributed by atoms with Crippen LogP contribution in [0.4, 0.5) is 0 Å². The average Bonchev–Trinajstić information content (AvgIpc) is 3.11. The van der Waals surface area contributed by atoms with E-state index in [0.717, 1.165) is 31.9 Å². The van der Waals surface area contributed by atoms with E-state index >= 15 is 0 Å². The molecule has 19 heavy (non-hydrogen) atoms. The predicted octanol–water partition coefficient (Wildman–Crippen LogP) is 1.92. The van der Waals surface area contributed by atoms with Gasteiger partial charge < -0.3 is 0 Å². The van der Waals surface area contributed by atoms with Crippen molar-refractivity contribution in [1.82, 2.24) is 24.9 Å². The summed E-state index contributed by atoms with van der Waals surface area (Å²) in [5, 5.41) is 11.7. The highest BCUT2D eigenvalue weighted by Crippen LogP contribution is 2.26. The van der Waals surface area contributed by atoms with Crippen molar-refractivity contribution in [1.29, 1.82) is 0 Å². The van der Waals surface area contributed by atoms with Gasteiger partial charge in [0.2, 0.25) is 0 Å². The van der Waals surface area contributed by atoms with Crippen LogP contribution in [-0.4, -0.2) is 38.0 Å². The first-order valence-corrected chi connectivity index (χ1v) is 7.01. The van der Waals surface area contributed by atoms with E-state index in [4.69, 9.17) is 0 Å². The van der Waals surface area contributed by atoms with Crippen LogP contribution in [0.15, 0.2) is 18.5 Å². The second kappa shape index (κ2) is 5.17. The van der Waals surface area contributed by atoms with Crippen LogP contribution in [0.25, 0.3) is 0 Å². The maximum atomic E-state index is 4.51. The highest BCUT2D eigenvalue weighted by molar-refractivity contribution is 5.16. The Bertz CT molecular complexity index is 528. The van der Waals surface area contributed by atoms with Crippen molar-refractivity contribution >= 4 is 0 Å². The summed E-state index contributed by atoms with van der Waals surface area (Å²) in [5.74, 6) is 0.601. The Balaban J connectivity index is 1.64. The molecule has 0 bridgehead atoms. The van der Waals surface area contributed by atoms with E-state index in [9.17, 15) is 0 Å². The molecule has 0 aliphatic carbocycles. The summed E-state index contributed by atoms with van der Waals surface area (Å²) in [7, 11) is 0. The normalized spacial score (nSPS) is 20.2. The summed E-state index contributed by atoms with van der Waals surface area (Å²) in [6.07, 6.45) is 5.23. The van der Waals surface area contributed by atoms with Crippen LogP contribution in [-0.2, 0) is 13.1 Å². The molecule has 1 aliphatic heterocycles. The zero-order chi connectivity index (χ0) is 13.2. The van der Waals surface area contributed by atoms with E-state index in [1.165, 1.54) is 17.7 Å². The number of nitrogens with one attached hydrogen (secondary N) is 1. The molecule has 1 aliphatic rings. The minimum Gasteiger partial charge on any atom is -0.298 e. The van der Waals surface area contributed by atoms with Gasteiger partial charge in [0, 0.05) is 49.2 Å². The molecule has 0 spiro atoms. The van der Waals surface area contributed by atoms with Crippen LogP contribution in [0, 0.1) is 6.92 Å². The standard InChI is InChI=1S/C14H21N5/c1-3-19-10-13(11(2)17-19)9-18-7-5-12(8-18)14-4-6-15-16-14/h4,6,10,12H,3,5,7-9H2,1-2H3,(H,15,16)/t12-/m1/s1. The number of H-pyrrole nitrogens is 1. The molecule has 0 saturated carbocycles. The monoisotopic (exact) mass is 259 g/mol. The fourth-order valence-electron chi connectivity index (χ4n) is 2.84. The Kier molecular flexibility index (Phi) is 3.38. The lowest BCUT2D eigenvalue weighted by Crippen LogP contribution is -2.20. The smallest absolute Gasteiger partial charge is 0.0638 e. The van der Waals surface area contributed by atoms with E-state index in [2.05, 4.69) is 46.3 Å². The zero-order valence-electron chi connectivity index (χ0n) is 11.6. The van der Waals surface area contributed by atoms with Crippen molar-refractivity contribution in [3.05, 3.63) is 35.4 Å². The summed E-state index contributed by atoms with van der Waals surface area (Å²) < 4.78 is 2.02. The van der Waals surface area contributed by atoms with Crippen molar-refractivity contribution in [3.63, 3.8) is 0 Å². The van der Waals surface area contributed by atoms with Crippen LogP contribution in [0.3, 0.4) is 0 Å². The van der Waals surface area contributed by atoms with Crippen molar-refractivity contribution in [2.45, 2.75) is 39.3 Å². The van der Waals surface area contributed by atoms with Crippen LogP contribution in [0.5, 0.6) is 0 Å². The van der Waals surface area contributed by atoms with Crippen LogP contribution in [0.2, 0.25) is 0 Å². The molecule has 0 radical (unpaired) electrons. The van der Waals surface area contributed by atoms with Crippen molar-refractivity contribution in [3.8, 4) is 0 Å². The highest BCUT2D eigenvalue weighted by Gasteiger charge is 2.25. The van der Waals surface area contributed by atoms with Crippen LogP contribution < -0.4 is 0 Å². The number of hydrogen-bond acceptors (Lipinski definition) is 3. The fourth-order valence-corrected chi connectivity index (χ4v) is 2.84. The molecular formula is C14H21N5. The van der Waals surface area contributed by atoms with Gasteiger partial charge in [0.1, 0.15) is 0 Å². The Hall–Kier alpha value is -1.62. The third-order valence-corrected chi connectivity index (χ3v) is 4.00. The number of aromatic amines is 1. The number of nitrogens with zero attached hydrogens (tertiary/aromatic N) is 4. The molecule has 3 rings (SSSR count). The first-order chi connectivity index (χ1) is 9.26. The third-order valence-electron chi connectivity index (χ3n) is 4.00. The van der Waals surface area contributed by atoms with Crippen LogP contribution >= 0.6 is 0 Å². The molecular weight excluding hydrogens is 238 g/mol. The first-order valence-electron chi connectivity index (χ1n) is 7.01. The second-order valence-corrected chi connectivity index (χ2v) is 5.33. The van der Waals surface area contributed by atoms with Gasteiger partial charge in [-0.1, -0.05) is 0 Å². The zero-order valence-corrected chi connectivity index (χ0v) is 11.6. The van der Waals surface area contributed by atoms with Gasteiger partial charge in [-0.25, -0.2) is 0 Å². The Morgan fingerprint density at radius 1 is 1.47 bits per heavy atom. The van der Waals surface area contributed by atoms with E-state index in [0.29, 0.717) is 5.92 Å². The van der Waals surface area contributed by atoms with E-state index in [1.54, 1.807) is 0 Å². The highest BCUT2D eigenvalue weighted by atomic mass is 15.3. The predicted molar refractivity (Wildman–Crippen MR) is 73.9 cm³/mol. The maximum absolute atomic E-state index is 4.51. The molecule has 1 atom stereocenters. The van der Waals surface area contributed by atoms with Gasteiger partial charge in [-0.2, -0.15) is 10.2 Å². The molecule has 0 amide bonds. The molecule has 0 aromatic carbocycles. The van der Waals surface area contributed by atoms with Crippen molar-refractivity contribution in [2.24, 2.45) is 0 Å². The van der Waals surface area contributed by atoms with Gasteiger partial charge in [-0.05, 0) is 32.9 Å². The Morgan fingerprint density at radius 2 is 2.37 bits per heavy atom. The average molecular weight is 259 g/mol. The van der Waals surface area contributed by atoms with Crippen molar-refractivity contribution in [2.75, 3.05) is 13.1 Å². The molecule has 1 saturated heterocycles. The number of likely N-dealkylation sites (tertiary alicyclic amines) is 1. The van der Waals surface area contributed by atoms with Crippen LogP contribution in [0.1, 0.15) is 36.2 Å². The second-order valence-electron chi connectivity index (χ2n) is 5.33. The quantitative estimate of drug-likeness (QED) is 0.912. The fraction of sp³-hybridized carbons (Fsp3) is 0.571. The Morgan fingerprint density at radius 3 is 3.05 bits per heavy atom. The van der Waals surface area contributed by atoms with Gasteiger partial charge in [0.25, 0.3) is 0 Å². The van der Waals surface area contributed by atoms with E-state index in [1.807, 2.05) is 10.9 Å². The molecule has 1 N–H and O–H groups in total. The first kappa shape index (κ1) is 12.4. The lowest BCUT2D eigenvalue weighted by molar-refractivity contribution is 0.325. The molecule has 102 valence electrons. The van der Waals surface area contributed by atoms with Gasteiger partial charge in [0.05, 0.1) is 5.69 Å². The summed E-state index contributed by atoms with van der Waals surface area (Å²) in [6.45, 7) is 8.44. The summed E-state index contributed by atoms with van der Waals surface area (Å²) in [5.41, 5.74) is 3.78. The SMILES string of the molecule is CCn1cc(CN2CC[C@@H](c3ccn[nH]3)C2)c(C)n1. The maximum Gasteiger partial charge on any atom is 0.0638 e. The molecule has 3 heterocycles. The van der Waals surface area contributed by atoms with Crippen molar-refractivity contribution < 1.29 is 0 Å². The number of aryl methyl sites for hydroxylation is 2. The third kappa shape index (κ3) is 2.56. The van der Waals surface area contributed by atoms with Gasteiger partial charge in [-0.3, -0.25) is 14.7 Å². The minimum atomic E-state index is 0.601. The molecule has 2 aromatic heterocycles. The lowest BCUT2D eigenvalue weighted by atomic mass is 10.1. The number of aromatic nitrogens is 4. The van der Waals surface area contributed by atoms with Gasteiger partial charge in [0.15, 0.2) is 0 Å². The minimum absolute atomic E-state index is 0.601. The van der Waals surface area contributed by atoms with Gasteiger partial charge in [-0.15, -0.1) is 0 Å². The molecule has 0 unspecified atom stereocenters. The largest absolute Gasteiger partial charge is 0.298 e. The lowest BCUT2D eigenvalue weighted by Gasteiger charge is -2.14. The van der Waals surface area contributed by atoms with Gasteiger partial charge >= 0.3 is 0 Å². The summed E-state index contributed by atoms with van der Waals surface area (Å²) in [6, 6.07) is 2.09. The molecule has 1 fully saturated rings. The Labute approximate surface area is 113 Å². The summed E-state index contributed by atoms with van der Waals surface area (Å²) >= 11 is 0. The van der Waals surface area contributed by atoms with E-state index in [-0.39, 0.29) is 0 Å². The topological polar surface area (TPSA) is 49.7 Å².